The molecule has 0 amide bonds. The lowest BCUT2D eigenvalue weighted by Crippen LogP contribution is -1.98. The van der Waals surface area contributed by atoms with Gasteiger partial charge < -0.3 is 4.74 Å². The van der Waals surface area contributed by atoms with Gasteiger partial charge in [-0.2, -0.15) is 4.39 Å². The molecule has 0 saturated heterocycles. The van der Waals surface area contributed by atoms with Crippen molar-refractivity contribution in [2.75, 3.05) is 0 Å². The van der Waals surface area contributed by atoms with Crippen molar-refractivity contribution in [1.29, 1.82) is 0 Å². The SMILES string of the molecule is Cc1nc(Oc2cc(Br)cc(F)c2F)ccc1[N+](=O)[O-]. The lowest BCUT2D eigenvalue weighted by atomic mass is 10.3. The highest BCUT2D eigenvalue weighted by atomic mass is 79.9. The number of halogens is 3. The van der Waals surface area contributed by atoms with E-state index in [2.05, 4.69) is 20.9 Å². The largest absolute Gasteiger partial charge is 0.436 e. The average molecular weight is 345 g/mol. The zero-order chi connectivity index (χ0) is 14.9. The standard InChI is InChI=1S/C12H7BrF2N2O3/c1-6-9(17(18)19)2-3-11(16-6)20-10-5-7(13)4-8(14)12(10)15/h2-5H,1H3. The Bertz CT molecular complexity index is 695. The van der Waals surface area contributed by atoms with E-state index in [9.17, 15) is 18.9 Å². The Morgan fingerprint density at radius 2 is 2.05 bits per heavy atom. The summed E-state index contributed by atoms with van der Waals surface area (Å²) >= 11 is 3.01. The molecule has 0 fully saturated rings. The van der Waals surface area contributed by atoms with Gasteiger partial charge in [-0.1, -0.05) is 15.9 Å². The van der Waals surface area contributed by atoms with Crippen LogP contribution >= 0.6 is 15.9 Å². The number of nitro groups is 1. The predicted molar refractivity (Wildman–Crippen MR) is 69.8 cm³/mol. The highest BCUT2D eigenvalue weighted by molar-refractivity contribution is 9.10. The van der Waals surface area contributed by atoms with Gasteiger partial charge in [-0.05, 0) is 19.1 Å². The number of aromatic nitrogens is 1. The summed E-state index contributed by atoms with van der Waals surface area (Å²) in [5, 5.41) is 10.6. The molecule has 0 atom stereocenters. The fourth-order valence-electron chi connectivity index (χ4n) is 1.50. The van der Waals surface area contributed by atoms with Crippen LogP contribution < -0.4 is 4.74 Å². The number of benzene rings is 1. The summed E-state index contributed by atoms with van der Waals surface area (Å²) in [5.41, 5.74) is -0.0679. The first kappa shape index (κ1) is 14.3. The minimum atomic E-state index is -1.16. The van der Waals surface area contributed by atoms with E-state index < -0.39 is 16.6 Å². The lowest BCUT2D eigenvalue weighted by molar-refractivity contribution is -0.385. The Morgan fingerprint density at radius 3 is 2.65 bits per heavy atom. The van der Waals surface area contributed by atoms with Crippen molar-refractivity contribution in [2.24, 2.45) is 0 Å². The van der Waals surface area contributed by atoms with Crippen LogP contribution in [0.2, 0.25) is 0 Å². The predicted octanol–water partition coefficient (Wildman–Crippen LogP) is 4.13. The number of pyridine rings is 1. The Hall–Kier alpha value is -2.09. The van der Waals surface area contributed by atoms with E-state index >= 15 is 0 Å². The third-order valence-electron chi connectivity index (χ3n) is 2.40. The molecule has 0 bridgehead atoms. The van der Waals surface area contributed by atoms with Gasteiger partial charge in [0.2, 0.25) is 11.7 Å². The second kappa shape index (κ2) is 5.49. The van der Waals surface area contributed by atoms with Gasteiger partial charge in [0.05, 0.1) is 4.92 Å². The molecule has 0 aliphatic carbocycles. The molecule has 5 nitrogen and oxygen atoms in total. The minimum Gasteiger partial charge on any atom is -0.436 e. The number of hydrogen-bond acceptors (Lipinski definition) is 4. The van der Waals surface area contributed by atoms with Crippen molar-refractivity contribution < 1.29 is 18.4 Å². The third-order valence-corrected chi connectivity index (χ3v) is 2.86. The van der Waals surface area contributed by atoms with Gasteiger partial charge in [0.15, 0.2) is 11.6 Å². The summed E-state index contributed by atoms with van der Waals surface area (Å²) in [6, 6.07) is 4.58. The van der Waals surface area contributed by atoms with E-state index in [1.807, 2.05) is 0 Å². The van der Waals surface area contributed by atoms with E-state index in [0.29, 0.717) is 4.47 Å². The van der Waals surface area contributed by atoms with Crippen LogP contribution in [0.15, 0.2) is 28.7 Å². The Balaban J connectivity index is 2.36. The smallest absolute Gasteiger partial charge is 0.290 e. The van der Waals surface area contributed by atoms with Crippen molar-refractivity contribution in [3.8, 4) is 11.6 Å². The van der Waals surface area contributed by atoms with Crippen molar-refractivity contribution in [3.63, 3.8) is 0 Å². The van der Waals surface area contributed by atoms with E-state index in [1.165, 1.54) is 25.1 Å². The van der Waals surface area contributed by atoms with Gasteiger partial charge in [-0.15, -0.1) is 0 Å². The molecule has 0 unspecified atom stereocenters. The van der Waals surface area contributed by atoms with Crippen LogP contribution in [0.4, 0.5) is 14.5 Å². The van der Waals surface area contributed by atoms with Gasteiger partial charge >= 0.3 is 0 Å². The number of aryl methyl sites for hydroxylation is 1. The van der Waals surface area contributed by atoms with Crippen molar-refractivity contribution in [3.05, 3.63) is 56.2 Å². The van der Waals surface area contributed by atoms with Crippen LogP contribution in [-0.4, -0.2) is 9.91 Å². The van der Waals surface area contributed by atoms with Crippen molar-refractivity contribution in [1.82, 2.24) is 4.98 Å². The average Bonchev–Trinajstić information content (AvgIpc) is 2.35. The zero-order valence-electron chi connectivity index (χ0n) is 10.1. The molecule has 20 heavy (non-hydrogen) atoms. The van der Waals surface area contributed by atoms with Crippen LogP contribution in [0.1, 0.15) is 5.69 Å². The first-order valence-corrected chi connectivity index (χ1v) is 6.12. The van der Waals surface area contributed by atoms with E-state index in [0.717, 1.165) is 6.07 Å². The van der Waals surface area contributed by atoms with Gasteiger partial charge in [0, 0.05) is 16.6 Å². The monoisotopic (exact) mass is 344 g/mol. The molecule has 0 saturated carbocycles. The van der Waals surface area contributed by atoms with Crippen LogP contribution in [0.3, 0.4) is 0 Å². The Kier molecular flexibility index (Phi) is 3.93. The molecule has 0 aliphatic heterocycles. The van der Waals surface area contributed by atoms with Crippen LogP contribution in [0, 0.1) is 28.7 Å². The summed E-state index contributed by atoms with van der Waals surface area (Å²) in [6.45, 7) is 1.42. The first-order valence-electron chi connectivity index (χ1n) is 5.33. The molecular weight excluding hydrogens is 338 g/mol. The Morgan fingerprint density at radius 1 is 1.35 bits per heavy atom. The molecule has 2 aromatic rings. The molecule has 0 aliphatic rings. The van der Waals surface area contributed by atoms with Crippen molar-refractivity contribution in [2.45, 2.75) is 6.92 Å². The zero-order valence-corrected chi connectivity index (χ0v) is 11.6. The number of ether oxygens (including phenoxy) is 1. The number of hydrogen-bond donors (Lipinski definition) is 0. The van der Waals surface area contributed by atoms with Gasteiger partial charge in [0.1, 0.15) is 5.69 Å². The molecule has 2 rings (SSSR count). The molecule has 1 aromatic carbocycles. The maximum absolute atomic E-state index is 13.5. The second-order valence-corrected chi connectivity index (χ2v) is 4.73. The third kappa shape index (κ3) is 2.90. The maximum atomic E-state index is 13.5. The van der Waals surface area contributed by atoms with Crippen LogP contribution in [-0.2, 0) is 0 Å². The van der Waals surface area contributed by atoms with E-state index in [-0.39, 0.29) is 23.0 Å². The number of nitrogens with zero attached hydrogens (tertiary/aromatic N) is 2. The second-order valence-electron chi connectivity index (χ2n) is 3.81. The topological polar surface area (TPSA) is 65.3 Å². The van der Waals surface area contributed by atoms with Crippen LogP contribution in [0.5, 0.6) is 11.6 Å². The molecule has 0 spiro atoms. The fourth-order valence-corrected chi connectivity index (χ4v) is 1.91. The summed E-state index contributed by atoms with van der Waals surface area (Å²) in [6.07, 6.45) is 0. The Labute approximate surface area is 120 Å². The molecule has 8 heteroatoms. The fraction of sp³-hybridized carbons (Fsp3) is 0.0833. The van der Waals surface area contributed by atoms with E-state index in [1.54, 1.807) is 0 Å². The van der Waals surface area contributed by atoms with Gasteiger partial charge in [-0.25, -0.2) is 9.37 Å². The molecule has 0 radical (unpaired) electrons. The molecule has 1 aromatic heterocycles. The maximum Gasteiger partial charge on any atom is 0.290 e. The molecule has 104 valence electrons. The molecule has 0 N–H and O–H groups in total. The quantitative estimate of drug-likeness (QED) is 0.477. The number of rotatable bonds is 3. The van der Waals surface area contributed by atoms with Gasteiger partial charge in [0.25, 0.3) is 5.69 Å². The summed E-state index contributed by atoms with van der Waals surface area (Å²) < 4.78 is 32.1. The van der Waals surface area contributed by atoms with E-state index in [4.69, 9.17) is 4.74 Å². The molecule has 1 heterocycles. The van der Waals surface area contributed by atoms with Gasteiger partial charge in [-0.3, -0.25) is 10.1 Å². The molecular formula is C12H7BrF2N2O3. The first-order chi connectivity index (χ1) is 9.38. The summed E-state index contributed by atoms with van der Waals surface area (Å²) in [4.78, 5) is 13.9. The normalized spacial score (nSPS) is 10.4. The minimum absolute atomic E-state index is 0.0653. The summed E-state index contributed by atoms with van der Waals surface area (Å²) in [5.74, 6) is -2.67. The lowest BCUT2D eigenvalue weighted by Gasteiger charge is -2.07. The highest BCUT2D eigenvalue weighted by Gasteiger charge is 2.16. The van der Waals surface area contributed by atoms with Crippen molar-refractivity contribution >= 4 is 21.6 Å². The van der Waals surface area contributed by atoms with Crippen LogP contribution in [0.25, 0.3) is 0 Å². The summed E-state index contributed by atoms with van der Waals surface area (Å²) in [7, 11) is 0. The highest BCUT2D eigenvalue weighted by Crippen LogP contribution is 2.30.